The van der Waals surface area contributed by atoms with Crippen LogP contribution in [0, 0.1) is 0 Å². The van der Waals surface area contributed by atoms with Gasteiger partial charge in [0.25, 0.3) is 0 Å². The quantitative estimate of drug-likeness (QED) is 0.746. The molecule has 0 unspecified atom stereocenters. The minimum atomic E-state index is 0.819. The largest absolute Gasteiger partial charge is 0.497 e. The Balaban J connectivity index is 1.58. The Kier molecular flexibility index (Phi) is 3.54. The summed E-state index contributed by atoms with van der Waals surface area (Å²) in [6.45, 7) is 0.839. The Morgan fingerprint density at radius 3 is 2.65 bits per heavy atom. The topological polar surface area (TPSA) is 49.9 Å². The third-order valence-electron chi connectivity index (χ3n) is 3.25. The lowest BCUT2D eigenvalue weighted by molar-refractivity contribution is 0.414. The number of imidazole rings is 1. The van der Waals surface area contributed by atoms with Crippen LogP contribution in [0.25, 0.3) is 11.0 Å². The molecule has 0 amide bonds. The van der Waals surface area contributed by atoms with Crippen LogP contribution in [0.15, 0.2) is 48.5 Å². The zero-order valence-corrected chi connectivity index (χ0v) is 11.4. The zero-order valence-electron chi connectivity index (χ0n) is 11.4. The number of fused-ring (bicyclic) bond motifs is 1. The highest BCUT2D eigenvalue weighted by molar-refractivity contribution is 5.77. The molecule has 0 aliphatic rings. The Bertz CT molecular complexity index is 655. The molecule has 4 heteroatoms. The van der Waals surface area contributed by atoms with E-state index in [1.807, 2.05) is 36.4 Å². The number of ether oxygens (including phenoxy) is 1. The summed E-state index contributed by atoms with van der Waals surface area (Å²) in [5.74, 6) is 1.71. The molecule has 0 spiro atoms. The molecular formula is C16H17N3O. The molecule has 0 fully saturated rings. The van der Waals surface area contributed by atoms with Crippen molar-refractivity contribution in [2.45, 2.75) is 6.42 Å². The molecule has 2 N–H and O–H groups in total. The van der Waals surface area contributed by atoms with Crippen LogP contribution >= 0.6 is 0 Å². The highest BCUT2D eigenvalue weighted by Gasteiger charge is 2.01. The Labute approximate surface area is 117 Å². The fraction of sp³-hybridized carbons (Fsp3) is 0.188. The van der Waals surface area contributed by atoms with E-state index in [1.54, 1.807) is 7.11 Å². The van der Waals surface area contributed by atoms with Crippen LogP contribution in [-0.4, -0.2) is 23.6 Å². The van der Waals surface area contributed by atoms with Crippen molar-refractivity contribution in [3.63, 3.8) is 0 Å². The second-order valence-corrected chi connectivity index (χ2v) is 4.63. The van der Waals surface area contributed by atoms with Gasteiger partial charge in [-0.15, -0.1) is 0 Å². The van der Waals surface area contributed by atoms with E-state index in [-0.39, 0.29) is 0 Å². The molecule has 0 saturated heterocycles. The molecule has 0 saturated carbocycles. The molecule has 0 atom stereocenters. The minimum Gasteiger partial charge on any atom is -0.497 e. The van der Waals surface area contributed by atoms with Gasteiger partial charge in [0.15, 0.2) is 0 Å². The normalized spacial score (nSPS) is 10.7. The van der Waals surface area contributed by atoms with Gasteiger partial charge in [-0.2, -0.15) is 0 Å². The van der Waals surface area contributed by atoms with Crippen LogP contribution < -0.4 is 10.1 Å². The van der Waals surface area contributed by atoms with Crippen LogP contribution in [0.3, 0.4) is 0 Å². The summed E-state index contributed by atoms with van der Waals surface area (Å²) in [6, 6.07) is 16.1. The van der Waals surface area contributed by atoms with Gasteiger partial charge in [-0.1, -0.05) is 24.3 Å². The van der Waals surface area contributed by atoms with Crippen LogP contribution in [-0.2, 0) is 6.42 Å². The highest BCUT2D eigenvalue weighted by Crippen LogP contribution is 2.14. The van der Waals surface area contributed by atoms with E-state index in [0.717, 1.165) is 35.7 Å². The second-order valence-electron chi connectivity index (χ2n) is 4.63. The average Bonchev–Trinajstić information content (AvgIpc) is 2.90. The number of aromatic nitrogens is 2. The van der Waals surface area contributed by atoms with Gasteiger partial charge in [-0.25, -0.2) is 4.98 Å². The summed E-state index contributed by atoms with van der Waals surface area (Å²) >= 11 is 0. The number of hydrogen-bond donors (Lipinski definition) is 2. The second kappa shape index (κ2) is 5.65. The summed E-state index contributed by atoms with van der Waals surface area (Å²) in [5.41, 5.74) is 3.31. The molecule has 1 aromatic heterocycles. The van der Waals surface area contributed by atoms with Crippen LogP contribution in [0.5, 0.6) is 5.75 Å². The minimum absolute atomic E-state index is 0.819. The summed E-state index contributed by atoms with van der Waals surface area (Å²) in [6.07, 6.45) is 0.945. The first-order chi connectivity index (χ1) is 9.85. The van der Waals surface area contributed by atoms with E-state index < -0.39 is 0 Å². The number of benzene rings is 2. The van der Waals surface area contributed by atoms with Gasteiger partial charge in [-0.3, -0.25) is 0 Å². The lowest BCUT2D eigenvalue weighted by Crippen LogP contribution is -2.05. The maximum Gasteiger partial charge on any atom is 0.201 e. The lowest BCUT2D eigenvalue weighted by atomic mass is 10.1. The fourth-order valence-corrected chi connectivity index (χ4v) is 2.15. The number of methoxy groups -OCH3 is 1. The summed E-state index contributed by atoms with van der Waals surface area (Å²) in [4.78, 5) is 7.74. The molecule has 2 aromatic carbocycles. The first kappa shape index (κ1) is 12.5. The summed E-state index contributed by atoms with van der Waals surface area (Å²) in [7, 11) is 1.68. The van der Waals surface area contributed by atoms with Crippen molar-refractivity contribution < 1.29 is 4.74 Å². The van der Waals surface area contributed by atoms with Crippen molar-refractivity contribution in [2.75, 3.05) is 19.0 Å². The number of nitrogens with one attached hydrogen (secondary N) is 2. The molecule has 3 rings (SSSR count). The lowest BCUT2D eigenvalue weighted by Gasteiger charge is -2.04. The van der Waals surface area contributed by atoms with Crippen molar-refractivity contribution in [3.05, 3.63) is 54.1 Å². The standard InChI is InChI=1S/C16H17N3O/c1-20-13-8-6-12(7-9-13)10-11-17-16-18-14-4-2-3-5-15(14)19-16/h2-9H,10-11H2,1H3,(H2,17,18,19). The number of nitrogens with zero attached hydrogens (tertiary/aromatic N) is 1. The third-order valence-corrected chi connectivity index (χ3v) is 3.25. The predicted molar refractivity (Wildman–Crippen MR) is 81.3 cm³/mol. The molecule has 0 bridgehead atoms. The number of rotatable bonds is 5. The number of hydrogen-bond acceptors (Lipinski definition) is 3. The van der Waals surface area contributed by atoms with E-state index in [9.17, 15) is 0 Å². The maximum atomic E-state index is 5.15. The van der Waals surface area contributed by atoms with Gasteiger partial charge >= 0.3 is 0 Å². The first-order valence-corrected chi connectivity index (χ1v) is 6.67. The SMILES string of the molecule is COc1ccc(CCNc2nc3ccccc3[nH]2)cc1. The highest BCUT2D eigenvalue weighted by atomic mass is 16.5. The molecule has 4 nitrogen and oxygen atoms in total. The van der Waals surface area contributed by atoms with E-state index in [0.29, 0.717) is 0 Å². The Morgan fingerprint density at radius 2 is 1.90 bits per heavy atom. The maximum absolute atomic E-state index is 5.15. The monoisotopic (exact) mass is 267 g/mol. The molecule has 3 aromatic rings. The van der Waals surface area contributed by atoms with Gasteiger partial charge in [-0.05, 0) is 36.2 Å². The van der Waals surface area contributed by atoms with Gasteiger partial charge in [0, 0.05) is 6.54 Å². The zero-order chi connectivity index (χ0) is 13.8. The van der Waals surface area contributed by atoms with Crippen molar-refractivity contribution in [3.8, 4) is 5.75 Å². The molecule has 0 radical (unpaired) electrons. The third kappa shape index (κ3) is 2.74. The average molecular weight is 267 g/mol. The van der Waals surface area contributed by atoms with Crippen molar-refractivity contribution in [1.82, 2.24) is 9.97 Å². The predicted octanol–water partition coefficient (Wildman–Crippen LogP) is 3.23. The summed E-state index contributed by atoms with van der Waals surface area (Å²) in [5, 5.41) is 3.31. The molecular weight excluding hydrogens is 250 g/mol. The van der Waals surface area contributed by atoms with Crippen LogP contribution in [0.1, 0.15) is 5.56 Å². The molecule has 0 aliphatic heterocycles. The van der Waals surface area contributed by atoms with Crippen LogP contribution in [0.2, 0.25) is 0 Å². The van der Waals surface area contributed by atoms with Crippen molar-refractivity contribution >= 4 is 17.0 Å². The molecule has 102 valence electrons. The van der Waals surface area contributed by atoms with Crippen molar-refractivity contribution in [2.24, 2.45) is 0 Å². The van der Waals surface area contributed by atoms with E-state index in [4.69, 9.17) is 4.74 Å². The number of aromatic amines is 1. The summed E-state index contributed by atoms with van der Waals surface area (Å²) < 4.78 is 5.15. The molecule has 20 heavy (non-hydrogen) atoms. The number of anilines is 1. The Morgan fingerprint density at radius 1 is 1.10 bits per heavy atom. The van der Waals surface area contributed by atoms with E-state index in [1.165, 1.54) is 5.56 Å². The molecule has 1 heterocycles. The van der Waals surface area contributed by atoms with Crippen LogP contribution in [0.4, 0.5) is 5.95 Å². The molecule has 0 aliphatic carbocycles. The van der Waals surface area contributed by atoms with Gasteiger partial charge in [0.05, 0.1) is 18.1 Å². The van der Waals surface area contributed by atoms with Gasteiger partial charge in [0.1, 0.15) is 5.75 Å². The smallest absolute Gasteiger partial charge is 0.201 e. The van der Waals surface area contributed by atoms with Crippen molar-refractivity contribution in [1.29, 1.82) is 0 Å². The first-order valence-electron chi connectivity index (χ1n) is 6.67. The van der Waals surface area contributed by atoms with Gasteiger partial charge in [0.2, 0.25) is 5.95 Å². The van der Waals surface area contributed by atoms with E-state index >= 15 is 0 Å². The van der Waals surface area contributed by atoms with Gasteiger partial charge < -0.3 is 15.0 Å². The number of para-hydroxylation sites is 2. The Hall–Kier alpha value is -2.49. The fourth-order valence-electron chi connectivity index (χ4n) is 2.15. The van der Waals surface area contributed by atoms with E-state index in [2.05, 4.69) is 27.4 Å². The number of H-pyrrole nitrogens is 1.